The normalized spacial score (nSPS) is 26.4. The lowest BCUT2D eigenvalue weighted by Crippen LogP contribution is -2.56. The zero-order chi connectivity index (χ0) is 18.9. The molecular weight excluding hydrogens is 338 g/mol. The fourth-order valence-corrected chi connectivity index (χ4v) is 4.55. The third-order valence-corrected chi connectivity index (χ3v) is 6.26. The van der Waals surface area contributed by atoms with Crippen LogP contribution in [-0.4, -0.2) is 43.2 Å². The molecule has 3 aliphatic heterocycles. The minimum Gasteiger partial charge on any atom is -0.456 e. The van der Waals surface area contributed by atoms with Crippen molar-refractivity contribution < 1.29 is 14.3 Å². The van der Waals surface area contributed by atoms with E-state index in [-0.39, 0.29) is 11.6 Å². The van der Waals surface area contributed by atoms with Gasteiger partial charge in [-0.25, -0.2) is 4.79 Å². The average Bonchev–Trinajstić information content (AvgIpc) is 2.72. The Hall–Kier alpha value is -2.17. The third-order valence-electron chi connectivity index (χ3n) is 6.26. The number of methoxy groups -OCH3 is 1. The van der Waals surface area contributed by atoms with Gasteiger partial charge >= 0.3 is 5.97 Å². The highest BCUT2D eigenvalue weighted by atomic mass is 16.6. The molecule has 27 heavy (non-hydrogen) atoms. The minimum atomic E-state index is -1.25. The lowest BCUT2D eigenvalue weighted by Gasteiger charge is -2.48. The topological polar surface area (TPSA) is 38.8 Å². The molecule has 4 nitrogen and oxygen atoms in total. The maximum atomic E-state index is 13.7. The summed E-state index contributed by atoms with van der Waals surface area (Å²) in [6, 6.07) is 17.6. The average molecular weight is 365 g/mol. The standard InChI is InChI=1S/C23H27NO3/c1-18-8-6-7-11-20(18)23(26-2,19-9-4-3-5-10-19)21(25)27-22-12-15-24(16-13-22)17-14-22/h3-11H,12-17H2,1-2H3. The quantitative estimate of drug-likeness (QED) is 0.758. The van der Waals surface area contributed by atoms with Crippen LogP contribution in [0, 0.1) is 6.92 Å². The molecule has 3 fully saturated rings. The molecule has 0 saturated carbocycles. The first-order valence-corrected chi connectivity index (χ1v) is 9.72. The van der Waals surface area contributed by atoms with Gasteiger partial charge in [-0.05, 0) is 18.1 Å². The van der Waals surface area contributed by atoms with Crippen LogP contribution in [0.5, 0.6) is 0 Å². The molecule has 1 unspecified atom stereocenters. The van der Waals surface area contributed by atoms with Gasteiger partial charge in [0.15, 0.2) is 0 Å². The summed E-state index contributed by atoms with van der Waals surface area (Å²) in [5.41, 5.74) is 1.05. The third kappa shape index (κ3) is 3.07. The lowest BCUT2D eigenvalue weighted by molar-refractivity contribution is -0.193. The predicted molar refractivity (Wildman–Crippen MR) is 105 cm³/mol. The number of hydrogen-bond donors (Lipinski definition) is 0. The molecule has 142 valence electrons. The number of rotatable bonds is 5. The Kier molecular flexibility index (Phi) is 4.79. The molecule has 0 N–H and O–H groups in total. The van der Waals surface area contributed by atoms with Gasteiger partial charge in [0.05, 0.1) is 0 Å². The highest BCUT2D eigenvalue weighted by Crippen LogP contribution is 2.41. The molecule has 4 heteroatoms. The van der Waals surface area contributed by atoms with Gasteiger partial charge in [-0.2, -0.15) is 0 Å². The minimum absolute atomic E-state index is 0.305. The molecule has 3 saturated heterocycles. The summed E-state index contributed by atoms with van der Waals surface area (Å²) in [4.78, 5) is 16.2. The Morgan fingerprint density at radius 1 is 0.963 bits per heavy atom. The fraction of sp³-hybridized carbons (Fsp3) is 0.435. The van der Waals surface area contributed by atoms with Gasteiger partial charge in [0.25, 0.3) is 0 Å². The van der Waals surface area contributed by atoms with Crippen LogP contribution in [0.3, 0.4) is 0 Å². The molecule has 2 aromatic carbocycles. The monoisotopic (exact) mass is 365 g/mol. The van der Waals surface area contributed by atoms with Crippen molar-refractivity contribution in [2.45, 2.75) is 37.4 Å². The van der Waals surface area contributed by atoms with E-state index in [1.807, 2.05) is 61.5 Å². The molecule has 5 rings (SSSR count). The summed E-state index contributed by atoms with van der Waals surface area (Å²) >= 11 is 0. The molecule has 2 bridgehead atoms. The molecule has 1 atom stereocenters. The Morgan fingerprint density at radius 2 is 1.56 bits per heavy atom. The SMILES string of the molecule is COC(C(=O)OC12CCN(CC1)CC2)(c1ccccc1)c1ccccc1C. The number of carbonyl (C=O) groups is 1. The Labute approximate surface area is 161 Å². The van der Waals surface area contributed by atoms with Crippen molar-refractivity contribution in [3.8, 4) is 0 Å². The summed E-state index contributed by atoms with van der Waals surface area (Å²) < 4.78 is 12.3. The number of ether oxygens (including phenoxy) is 2. The van der Waals surface area contributed by atoms with Crippen molar-refractivity contribution in [1.82, 2.24) is 4.90 Å². The first-order chi connectivity index (χ1) is 13.1. The highest BCUT2D eigenvalue weighted by molar-refractivity contribution is 5.86. The molecule has 3 aliphatic rings. The molecule has 2 aromatic rings. The molecule has 0 radical (unpaired) electrons. The van der Waals surface area contributed by atoms with Gasteiger partial charge in [-0.3, -0.25) is 0 Å². The number of nitrogens with zero attached hydrogens (tertiary/aromatic N) is 1. The zero-order valence-electron chi connectivity index (χ0n) is 16.1. The van der Waals surface area contributed by atoms with Gasteiger partial charge in [-0.15, -0.1) is 0 Å². The van der Waals surface area contributed by atoms with Gasteiger partial charge in [0.1, 0.15) is 5.60 Å². The Morgan fingerprint density at radius 3 is 2.15 bits per heavy atom. The number of piperidine rings is 3. The number of fused-ring (bicyclic) bond motifs is 3. The fourth-order valence-electron chi connectivity index (χ4n) is 4.55. The van der Waals surface area contributed by atoms with E-state index in [2.05, 4.69) is 4.90 Å². The second-order valence-corrected chi connectivity index (χ2v) is 7.73. The summed E-state index contributed by atoms with van der Waals surface area (Å²) in [6.45, 7) is 5.02. The first-order valence-electron chi connectivity index (χ1n) is 9.72. The molecule has 0 aromatic heterocycles. The van der Waals surface area contributed by atoms with Crippen LogP contribution >= 0.6 is 0 Å². The van der Waals surface area contributed by atoms with Crippen LogP contribution in [0.2, 0.25) is 0 Å². The maximum Gasteiger partial charge on any atom is 0.348 e. The van der Waals surface area contributed by atoms with E-state index >= 15 is 0 Å². The zero-order valence-corrected chi connectivity index (χ0v) is 16.1. The summed E-state index contributed by atoms with van der Waals surface area (Å²) in [5.74, 6) is -0.305. The van der Waals surface area contributed by atoms with Gasteiger partial charge in [0, 0.05) is 51.6 Å². The van der Waals surface area contributed by atoms with E-state index in [0.717, 1.165) is 55.6 Å². The van der Waals surface area contributed by atoms with Crippen LogP contribution in [0.4, 0.5) is 0 Å². The van der Waals surface area contributed by atoms with Crippen molar-refractivity contribution in [3.63, 3.8) is 0 Å². The number of carbonyl (C=O) groups excluding carboxylic acids is 1. The number of benzene rings is 2. The number of hydrogen-bond acceptors (Lipinski definition) is 4. The Balaban J connectivity index is 1.78. The van der Waals surface area contributed by atoms with Crippen LogP contribution in [0.1, 0.15) is 36.0 Å². The van der Waals surface area contributed by atoms with E-state index in [9.17, 15) is 4.79 Å². The van der Waals surface area contributed by atoms with E-state index in [1.54, 1.807) is 7.11 Å². The smallest absolute Gasteiger partial charge is 0.348 e. The second kappa shape index (κ2) is 7.10. The van der Waals surface area contributed by atoms with Crippen LogP contribution in [0.15, 0.2) is 54.6 Å². The van der Waals surface area contributed by atoms with Gasteiger partial charge in [-0.1, -0.05) is 54.6 Å². The molecule has 0 amide bonds. The Bertz CT molecular complexity index is 798. The van der Waals surface area contributed by atoms with Crippen LogP contribution in [-0.2, 0) is 19.9 Å². The van der Waals surface area contributed by atoms with Gasteiger partial charge in [0.2, 0.25) is 5.60 Å². The van der Waals surface area contributed by atoms with Gasteiger partial charge < -0.3 is 14.4 Å². The van der Waals surface area contributed by atoms with Crippen molar-refractivity contribution in [1.29, 1.82) is 0 Å². The van der Waals surface area contributed by atoms with Crippen molar-refractivity contribution in [2.75, 3.05) is 26.7 Å². The molecule has 0 spiro atoms. The molecule has 3 heterocycles. The second-order valence-electron chi connectivity index (χ2n) is 7.73. The highest BCUT2D eigenvalue weighted by Gasteiger charge is 2.50. The van der Waals surface area contributed by atoms with Crippen molar-refractivity contribution in [3.05, 3.63) is 71.3 Å². The first kappa shape index (κ1) is 18.2. The van der Waals surface area contributed by atoms with Crippen LogP contribution < -0.4 is 0 Å². The van der Waals surface area contributed by atoms with Crippen molar-refractivity contribution >= 4 is 5.97 Å². The van der Waals surface area contributed by atoms with E-state index < -0.39 is 5.60 Å². The number of aryl methyl sites for hydroxylation is 1. The van der Waals surface area contributed by atoms with Crippen molar-refractivity contribution in [2.24, 2.45) is 0 Å². The van der Waals surface area contributed by atoms with Crippen LogP contribution in [0.25, 0.3) is 0 Å². The van der Waals surface area contributed by atoms with E-state index in [0.29, 0.717) is 0 Å². The summed E-state index contributed by atoms with van der Waals surface area (Å²) in [7, 11) is 1.60. The predicted octanol–water partition coefficient (Wildman–Crippen LogP) is 3.67. The maximum absolute atomic E-state index is 13.7. The molecular formula is C23H27NO3. The van der Waals surface area contributed by atoms with E-state index in [1.165, 1.54) is 0 Å². The molecule has 0 aliphatic carbocycles. The summed E-state index contributed by atoms with van der Waals surface area (Å²) in [6.07, 6.45) is 2.71. The number of esters is 1. The lowest BCUT2D eigenvalue weighted by atomic mass is 9.81. The summed E-state index contributed by atoms with van der Waals surface area (Å²) in [5, 5.41) is 0. The van der Waals surface area contributed by atoms with E-state index in [4.69, 9.17) is 9.47 Å². The largest absolute Gasteiger partial charge is 0.456 e.